The van der Waals surface area contributed by atoms with Crippen LogP contribution in [-0.4, -0.2) is 19.6 Å². The second kappa shape index (κ2) is 8.78. The van der Waals surface area contributed by atoms with Crippen molar-refractivity contribution in [2.24, 2.45) is 7.05 Å². The number of aromatic nitrogens is 4. The molecule has 0 radical (unpaired) electrons. The van der Waals surface area contributed by atoms with E-state index in [-0.39, 0.29) is 0 Å². The van der Waals surface area contributed by atoms with E-state index in [1.165, 1.54) is 27.9 Å². The van der Waals surface area contributed by atoms with Crippen molar-refractivity contribution in [3.63, 3.8) is 0 Å². The van der Waals surface area contributed by atoms with E-state index in [9.17, 15) is 0 Å². The highest BCUT2D eigenvalue weighted by molar-refractivity contribution is 5.65. The monoisotopic (exact) mass is 426 g/mol. The van der Waals surface area contributed by atoms with Gasteiger partial charge in [0.05, 0.1) is 22.8 Å². The SMILES string of the molecule is Cc1c(Cc2cc(C)n(-c3cccc(C(C)C)c3)n2)nn(C)c1-c1cccc(C(C)C)c1. The van der Waals surface area contributed by atoms with Gasteiger partial charge in [-0.1, -0.05) is 58.0 Å². The van der Waals surface area contributed by atoms with Gasteiger partial charge in [-0.3, -0.25) is 4.68 Å². The third-order valence-electron chi connectivity index (χ3n) is 6.28. The zero-order chi connectivity index (χ0) is 23.0. The van der Waals surface area contributed by atoms with Crippen LogP contribution in [0.2, 0.25) is 0 Å². The molecule has 166 valence electrons. The van der Waals surface area contributed by atoms with E-state index in [0.717, 1.165) is 29.2 Å². The molecule has 0 saturated carbocycles. The number of rotatable bonds is 6. The van der Waals surface area contributed by atoms with Gasteiger partial charge in [-0.05, 0) is 66.6 Å². The summed E-state index contributed by atoms with van der Waals surface area (Å²) in [6.07, 6.45) is 0.723. The summed E-state index contributed by atoms with van der Waals surface area (Å²) in [4.78, 5) is 0. The summed E-state index contributed by atoms with van der Waals surface area (Å²) in [5, 5.41) is 9.81. The molecular formula is C28H34N4. The molecule has 0 unspecified atom stereocenters. The Balaban J connectivity index is 1.65. The number of nitrogens with zero attached hydrogens (tertiary/aromatic N) is 4. The maximum atomic E-state index is 4.93. The Morgan fingerprint density at radius 3 is 2.16 bits per heavy atom. The lowest BCUT2D eigenvalue weighted by Crippen LogP contribution is -2.01. The first kappa shape index (κ1) is 22.1. The van der Waals surface area contributed by atoms with Crippen LogP contribution in [0.15, 0.2) is 54.6 Å². The highest BCUT2D eigenvalue weighted by atomic mass is 15.3. The van der Waals surface area contributed by atoms with Crippen LogP contribution in [0, 0.1) is 13.8 Å². The van der Waals surface area contributed by atoms with E-state index >= 15 is 0 Å². The van der Waals surface area contributed by atoms with Crippen molar-refractivity contribution in [3.05, 3.63) is 88.4 Å². The lowest BCUT2D eigenvalue weighted by atomic mass is 9.98. The van der Waals surface area contributed by atoms with Crippen molar-refractivity contribution in [1.29, 1.82) is 0 Å². The maximum absolute atomic E-state index is 4.93. The molecule has 2 heterocycles. The van der Waals surface area contributed by atoms with Crippen LogP contribution < -0.4 is 0 Å². The number of hydrogen-bond donors (Lipinski definition) is 0. The molecule has 4 aromatic rings. The molecule has 0 atom stereocenters. The Kier molecular flexibility index (Phi) is 6.05. The van der Waals surface area contributed by atoms with Crippen LogP contribution in [0.3, 0.4) is 0 Å². The predicted molar refractivity (Wildman–Crippen MR) is 133 cm³/mol. The van der Waals surface area contributed by atoms with Crippen LogP contribution in [0.4, 0.5) is 0 Å². The molecule has 2 aromatic heterocycles. The smallest absolute Gasteiger partial charge is 0.0720 e. The zero-order valence-electron chi connectivity index (χ0n) is 20.3. The van der Waals surface area contributed by atoms with Gasteiger partial charge in [0, 0.05) is 24.7 Å². The van der Waals surface area contributed by atoms with Crippen LogP contribution in [-0.2, 0) is 13.5 Å². The third kappa shape index (κ3) is 4.27. The lowest BCUT2D eigenvalue weighted by molar-refractivity contribution is 0.749. The summed E-state index contributed by atoms with van der Waals surface area (Å²) >= 11 is 0. The van der Waals surface area contributed by atoms with Gasteiger partial charge in [0.1, 0.15) is 0 Å². The average Bonchev–Trinajstić information content (AvgIpc) is 3.26. The molecule has 2 aromatic carbocycles. The Morgan fingerprint density at radius 2 is 1.47 bits per heavy atom. The summed E-state index contributed by atoms with van der Waals surface area (Å²) in [6, 6.07) is 19.7. The van der Waals surface area contributed by atoms with Crippen LogP contribution in [0.1, 0.15) is 73.3 Å². The molecule has 4 rings (SSSR count). The number of hydrogen-bond acceptors (Lipinski definition) is 2. The minimum atomic E-state index is 0.495. The topological polar surface area (TPSA) is 35.6 Å². The Morgan fingerprint density at radius 1 is 0.812 bits per heavy atom. The number of benzene rings is 2. The van der Waals surface area contributed by atoms with E-state index in [4.69, 9.17) is 10.2 Å². The Labute approximate surface area is 191 Å². The standard InChI is InChI=1S/C28H34N4/c1-18(2)22-10-8-12-24(15-22)28-21(6)27(30-31(28)7)17-25-14-20(5)32(29-25)26-13-9-11-23(16-26)19(3)4/h8-16,18-19H,17H2,1-7H3. The first-order valence-electron chi connectivity index (χ1n) is 11.5. The van der Waals surface area contributed by atoms with Gasteiger partial charge in [0.15, 0.2) is 0 Å². The fraction of sp³-hybridized carbons (Fsp3) is 0.357. The third-order valence-corrected chi connectivity index (χ3v) is 6.28. The quantitative estimate of drug-likeness (QED) is 0.343. The summed E-state index contributed by atoms with van der Waals surface area (Å²) in [5.74, 6) is 0.998. The van der Waals surface area contributed by atoms with Gasteiger partial charge in [0.2, 0.25) is 0 Å². The first-order chi connectivity index (χ1) is 15.2. The summed E-state index contributed by atoms with van der Waals surface area (Å²) < 4.78 is 4.06. The van der Waals surface area contributed by atoms with Crippen LogP contribution in [0.5, 0.6) is 0 Å². The second-order valence-corrected chi connectivity index (χ2v) is 9.44. The summed E-state index contributed by atoms with van der Waals surface area (Å²) in [5.41, 5.74) is 10.7. The minimum Gasteiger partial charge on any atom is -0.267 e. The zero-order valence-corrected chi connectivity index (χ0v) is 20.3. The normalized spacial score (nSPS) is 11.7. The molecule has 0 bridgehead atoms. The highest BCUT2D eigenvalue weighted by Gasteiger charge is 2.17. The number of aryl methyl sites for hydroxylation is 2. The molecule has 0 aliphatic rings. The molecule has 4 nitrogen and oxygen atoms in total. The van der Waals surface area contributed by atoms with Gasteiger partial charge < -0.3 is 0 Å². The maximum Gasteiger partial charge on any atom is 0.0720 e. The average molecular weight is 427 g/mol. The minimum absolute atomic E-state index is 0.495. The predicted octanol–water partition coefficient (Wildman–Crippen LogP) is 6.73. The van der Waals surface area contributed by atoms with Crippen molar-refractivity contribution < 1.29 is 0 Å². The highest BCUT2D eigenvalue weighted by Crippen LogP contribution is 2.29. The fourth-order valence-corrected chi connectivity index (χ4v) is 4.38. The molecular weight excluding hydrogens is 392 g/mol. The van der Waals surface area contributed by atoms with E-state index in [1.54, 1.807) is 0 Å². The van der Waals surface area contributed by atoms with Crippen molar-refractivity contribution in [1.82, 2.24) is 19.6 Å². The fourth-order valence-electron chi connectivity index (χ4n) is 4.38. The van der Waals surface area contributed by atoms with E-state index in [1.807, 2.05) is 16.4 Å². The van der Waals surface area contributed by atoms with Crippen molar-refractivity contribution in [2.75, 3.05) is 0 Å². The van der Waals surface area contributed by atoms with Gasteiger partial charge in [-0.2, -0.15) is 10.2 Å². The van der Waals surface area contributed by atoms with Gasteiger partial charge >= 0.3 is 0 Å². The molecule has 0 saturated heterocycles. The summed E-state index contributed by atoms with van der Waals surface area (Å²) in [7, 11) is 2.04. The Bertz CT molecular complexity index is 1240. The Hall–Kier alpha value is -3.14. The first-order valence-corrected chi connectivity index (χ1v) is 11.5. The van der Waals surface area contributed by atoms with Gasteiger partial charge in [-0.25, -0.2) is 4.68 Å². The van der Waals surface area contributed by atoms with Crippen LogP contribution in [0.25, 0.3) is 16.9 Å². The molecule has 0 aliphatic heterocycles. The van der Waals surface area contributed by atoms with E-state index < -0.39 is 0 Å². The van der Waals surface area contributed by atoms with E-state index in [0.29, 0.717) is 11.8 Å². The molecule has 0 N–H and O–H groups in total. The van der Waals surface area contributed by atoms with Crippen LogP contribution >= 0.6 is 0 Å². The van der Waals surface area contributed by atoms with Crippen molar-refractivity contribution in [2.45, 2.75) is 59.8 Å². The van der Waals surface area contributed by atoms with E-state index in [2.05, 4.69) is 96.1 Å². The largest absolute Gasteiger partial charge is 0.267 e. The molecule has 0 amide bonds. The molecule has 0 fully saturated rings. The summed E-state index contributed by atoms with van der Waals surface area (Å²) in [6.45, 7) is 13.2. The lowest BCUT2D eigenvalue weighted by Gasteiger charge is -2.09. The molecule has 4 heteroatoms. The molecule has 0 aliphatic carbocycles. The molecule has 32 heavy (non-hydrogen) atoms. The van der Waals surface area contributed by atoms with Gasteiger partial charge in [0.25, 0.3) is 0 Å². The van der Waals surface area contributed by atoms with Gasteiger partial charge in [-0.15, -0.1) is 0 Å². The van der Waals surface area contributed by atoms with Crippen molar-refractivity contribution >= 4 is 0 Å². The molecule has 0 spiro atoms. The second-order valence-electron chi connectivity index (χ2n) is 9.44. The van der Waals surface area contributed by atoms with Crippen molar-refractivity contribution in [3.8, 4) is 16.9 Å².